The van der Waals surface area contributed by atoms with Gasteiger partial charge in [0.25, 0.3) is 5.91 Å². The topological polar surface area (TPSA) is 58.6 Å². The first-order valence-corrected chi connectivity index (χ1v) is 9.28. The van der Waals surface area contributed by atoms with Crippen molar-refractivity contribution in [3.8, 4) is 16.9 Å². The Bertz CT molecular complexity index is 937. The van der Waals surface area contributed by atoms with Gasteiger partial charge in [0.05, 0.1) is 18.5 Å². The number of ether oxygens (including phenoxy) is 1. The van der Waals surface area contributed by atoms with E-state index in [2.05, 4.69) is 5.32 Å². The average molecular weight is 380 g/mol. The van der Waals surface area contributed by atoms with Crippen molar-refractivity contribution in [3.63, 3.8) is 0 Å². The van der Waals surface area contributed by atoms with Gasteiger partial charge in [0.1, 0.15) is 5.75 Å². The Kier molecular flexibility index (Phi) is 5.88. The number of thiophene rings is 1. The molecule has 3 rings (SSSR count). The van der Waals surface area contributed by atoms with E-state index in [1.54, 1.807) is 38.4 Å². The molecule has 0 unspecified atom stereocenters. The lowest BCUT2D eigenvalue weighted by atomic mass is 10.1. The van der Waals surface area contributed by atoms with E-state index in [-0.39, 0.29) is 18.4 Å². The summed E-state index contributed by atoms with van der Waals surface area (Å²) in [6.07, 6.45) is 0. The minimum Gasteiger partial charge on any atom is -0.497 e. The van der Waals surface area contributed by atoms with Crippen LogP contribution in [0, 0.1) is 0 Å². The molecule has 138 valence electrons. The molecule has 0 bridgehead atoms. The van der Waals surface area contributed by atoms with Crippen LogP contribution in [0.25, 0.3) is 11.1 Å². The molecule has 0 aliphatic rings. The highest BCUT2D eigenvalue weighted by atomic mass is 32.1. The lowest BCUT2D eigenvalue weighted by molar-refractivity contribution is -0.116. The molecule has 0 saturated carbocycles. The van der Waals surface area contributed by atoms with Crippen molar-refractivity contribution in [2.75, 3.05) is 26.0 Å². The van der Waals surface area contributed by atoms with Crippen LogP contribution in [-0.4, -0.2) is 37.4 Å². The van der Waals surface area contributed by atoms with E-state index in [1.165, 1.54) is 16.2 Å². The Morgan fingerprint density at radius 3 is 2.59 bits per heavy atom. The number of carbonyl (C=O) groups is 2. The van der Waals surface area contributed by atoms with Crippen LogP contribution in [0.3, 0.4) is 0 Å². The van der Waals surface area contributed by atoms with E-state index in [0.717, 1.165) is 11.1 Å². The zero-order valence-corrected chi connectivity index (χ0v) is 16.0. The molecule has 1 N–H and O–H groups in total. The van der Waals surface area contributed by atoms with Crippen LogP contribution in [0.15, 0.2) is 66.0 Å². The molecular formula is C21H20N2O3S. The highest BCUT2D eigenvalue weighted by Crippen LogP contribution is 2.29. The van der Waals surface area contributed by atoms with E-state index >= 15 is 0 Å². The first kappa shape index (κ1) is 18.7. The van der Waals surface area contributed by atoms with Crippen LogP contribution in [0.1, 0.15) is 9.67 Å². The number of nitrogens with one attached hydrogen (secondary N) is 1. The van der Waals surface area contributed by atoms with Gasteiger partial charge in [-0.2, -0.15) is 0 Å². The molecule has 0 aliphatic carbocycles. The molecule has 6 heteroatoms. The molecule has 0 aliphatic heterocycles. The van der Waals surface area contributed by atoms with E-state index < -0.39 is 0 Å². The molecule has 5 nitrogen and oxygen atoms in total. The summed E-state index contributed by atoms with van der Waals surface area (Å²) in [5.41, 5.74) is 2.49. The number of nitrogens with zero attached hydrogens (tertiary/aromatic N) is 1. The summed E-state index contributed by atoms with van der Waals surface area (Å²) in [5, 5.41) is 4.67. The van der Waals surface area contributed by atoms with Gasteiger partial charge in [-0.3, -0.25) is 9.59 Å². The summed E-state index contributed by atoms with van der Waals surface area (Å²) in [6.45, 7) is -0.0395. The van der Waals surface area contributed by atoms with Gasteiger partial charge in [-0.15, -0.1) is 11.3 Å². The Balaban J connectivity index is 1.68. The number of carbonyl (C=O) groups excluding carboxylic acids is 2. The fourth-order valence-corrected chi connectivity index (χ4v) is 3.59. The van der Waals surface area contributed by atoms with E-state index in [1.807, 2.05) is 41.8 Å². The summed E-state index contributed by atoms with van der Waals surface area (Å²) >= 11 is 1.38. The van der Waals surface area contributed by atoms with Crippen LogP contribution in [0.5, 0.6) is 5.75 Å². The Hall–Kier alpha value is -3.12. The van der Waals surface area contributed by atoms with Crippen molar-refractivity contribution >= 4 is 28.8 Å². The molecule has 27 heavy (non-hydrogen) atoms. The molecule has 3 aromatic rings. The molecule has 0 atom stereocenters. The van der Waals surface area contributed by atoms with E-state index in [4.69, 9.17) is 4.74 Å². The van der Waals surface area contributed by atoms with Gasteiger partial charge < -0.3 is 15.0 Å². The summed E-state index contributed by atoms with van der Waals surface area (Å²) in [5.74, 6) is 0.213. The van der Waals surface area contributed by atoms with Crippen molar-refractivity contribution in [3.05, 3.63) is 70.9 Å². The second-order valence-corrected chi connectivity index (χ2v) is 6.89. The van der Waals surface area contributed by atoms with Crippen molar-refractivity contribution < 1.29 is 14.3 Å². The molecular weight excluding hydrogens is 360 g/mol. The molecule has 1 heterocycles. The number of hydrogen-bond donors (Lipinski definition) is 1. The first-order valence-electron chi connectivity index (χ1n) is 8.41. The highest BCUT2D eigenvalue weighted by Gasteiger charge is 2.20. The number of rotatable bonds is 6. The second-order valence-electron chi connectivity index (χ2n) is 5.97. The Morgan fingerprint density at radius 2 is 1.85 bits per heavy atom. The highest BCUT2D eigenvalue weighted by molar-refractivity contribution is 7.12. The van der Waals surface area contributed by atoms with Gasteiger partial charge in [-0.05, 0) is 29.1 Å². The van der Waals surface area contributed by atoms with Gasteiger partial charge in [-0.1, -0.05) is 36.4 Å². The van der Waals surface area contributed by atoms with Gasteiger partial charge >= 0.3 is 0 Å². The first-order chi connectivity index (χ1) is 13.1. The predicted octanol–water partition coefficient (Wildman–Crippen LogP) is 4.13. The van der Waals surface area contributed by atoms with E-state index in [9.17, 15) is 9.59 Å². The Labute approximate surface area is 162 Å². The monoisotopic (exact) mass is 380 g/mol. The summed E-state index contributed by atoms with van der Waals surface area (Å²) in [7, 11) is 3.20. The molecule has 0 fully saturated rings. The maximum absolute atomic E-state index is 12.8. The van der Waals surface area contributed by atoms with Crippen LogP contribution in [0.4, 0.5) is 5.69 Å². The van der Waals surface area contributed by atoms with Gasteiger partial charge in [0.2, 0.25) is 5.91 Å². The zero-order valence-electron chi connectivity index (χ0n) is 15.1. The molecule has 1 aromatic heterocycles. The van der Waals surface area contributed by atoms with Gasteiger partial charge in [-0.25, -0.2) is 0 Å². The second kappa shape index (κ2) is 8.51. The SMILES string of the molecule is COc1cccc(NC(=O)CN(C)C(=O)c2sccc2-c2ccccc2)c1. The van der Waals surface area contributed by atoms with Crippen LogP contribution in [-0.2, 0) is 4.79 Å². The minimum absolute atomic E-state index is 0.0395. The molecule has 0 saturated heterocycles. The minimum atomic E-state index is -0.267. The third kappa shape index (κ3) is 4.54. The lowest BCUT2D eigenvalue weighted by Crippen LogP contribution is -2.34. The predicted molar refractivity (Wildman–Crippen MR) is 108 cm³/mol. The van der Waals surface area contributed by atoms with Crippen molar-refractivity contribution in [2.45, 2.75) is 0 Å². The number of amides is 2. The largest absolute Gasteiger partial charge is 0.497 e. The summed E-state index contributed by atoms with van der Waals surface area (Å²) in [4.78, 5) is 27.2. The third-order valence-electron chi connectivity index (χ3n) is 4.03. The third-order valence-corrected chi connectivity index (χ3v) is 4.93. The average Bonchev–Trinajstić information content (AvgIpc) is 3.17. The van der Waals surface area contributed by atoms with Crippen molar-refractivity contribution in [1.82, 2.24) is 4.90 Å². The van der Waals surface area contributed by atoms with E-state index in [0.29, 0.717) is 16.3 Å². The van der Waals surface area contributed by atoms with Crippen molar-refractivity contribution in [1.29, 1.82) is 0 Å². The number of anilines is 1. The van der Waals surface area contributed by atoms with Gasteiger partial charge in [0.15, 0.2) is 0 Å². The normalized spacial score (nSPS) is 10.3. The summed E-state index contributed by atoms with van der Waals surface area (Å²) in [6, 6.07) is 18.8. The van der Waals surface area contributed by atoms with Gasteiger partial charge in [0, 0.05) is 24.4 Å². The molecule has 2 amide bonds. The Morgan fingerprint density at radius 1 is 1.07 bits per heavy atom. The maximum atomic E-state index is 12.8. The molecule has 2 aromatic carbocycles. The number of methoxy groups -OCH3 is 1. The van der Waals surface area contributed by atoms with Crippen LogP contribution in [0.2, 0.25) is 0 Å². The molecule has 0 spiro atoms. The fraction of sp³-hybridized carbons (Fsp3) is 0.143. The maximum Gasteiger partial charge on any atom is 0.264 e. The fourth-order valence-electron chi connectivity index (χ4n) is 2.68. The zero-order chi connectivity index (χ0) is 19.2. The number of hydrogen-bond acceptors (Lipinski definition) is 4. The summed E-state index contributed by atoms with van der Waals surface area (Å²) < 4.78 is 5.15. The van der Waals surface area contributed by atoms with Crippen LogP contribution >= 0.6 is 11.3 Å². The van der Waals surface area contributed by atoms with Crippen molar-refractivity contribution in [2.24, 2.45) is 0 Å². The van der Waals surface area contributed by atoms with Crippen LogP contribution < -0.4 is 10.1 Å². The number of benzene rings is 2. The quantitative estimate of drug-likeness (QED) is 0.699. The lowest BCUT2D eigenvalue weighted by Gasteiger charge is -2.17. The smallest absolute Gasteiger partial charge is 0.264 e. The standard InChI is InChI=1S/C21H20N2O3S/c1-23(14-19(24)22-16-9-6-10-17(13-16)26-2)21(25)20-18(11-12-27-20)15-7-4-3-5-8-15/h3-13H,14H2,1-2H3,(H,22,24). The molecule has 0 radical (unpaired) electrons. The number of likely N-dealkylation sites (N-methyl/N-ethyl adjacent to an activating group) is 1.